The van der Waals surface area contributed by atoms with E-state index in [9.17, 15) is 15.0 Å². The molecule has 1 aliphatic rings. The Balaban J connectivity index is 2.47. The van der Waals surface area contributed by atoms with Crippen molar-refractivity contribution in [1.82, 2.24) is 0 Å². The third-order valence-corrected chi connectivity index (χ3v) is 3.77. The minimum absolute atomic E-state index is 0.0617. The van der Waals surface area contributed by atoms with Crippen molar-refractivity contribution < 1.29 is 20.1 Å². The van der Waals surface area contributed by atoms with E-state index in [0.717, 1.165) is 12.8 Å². The summed E-state index contributed by atoms with van der Waals surface area (Å²) in [4.78, 5) is 10.4. The normalized spacial score (nSPS) is 27.2. The van der Waals surface area contributed by atoms with Crippen LogP contribution >= 0.6 is 0 Å². The van der Waals surface area contributed by atoms with Crippen LogP contribution < -0.4 is 0 Å². The van der Waals surface area contributed by atoms with E-state index in [4.69, 9.17) is 5.11 Å². The predicted molar refractivity (Wildman–Crippen MR) is 76.9 cm³/mol. The summed E-state index contributed by atoms with van der Waals surface area (Å²) < 4.78 is 0. The van der Waals surface area contributed by atoms with Gasteiger partial charge in [0.2, 0.25) is 0 Å². The van der Waals surface area contributed by atoms with Crippen LogP contribution in [-0.2, 0) is 4.79 Å². The number of allylic oxidation sites excluding steroid dienone is 1. The molecule has 1 fully saturated rings. The first-order valence-corrected chi connectivity index (χ1v) is 7.26. The molecule has 0 aromatic carbocycles. The lowest BCUT2D eigenvalue weighted by Crippen LogP contribution is -2.17. The highest BCUT2D eigenvalue weighted by atomic mass is 16.4. The number of aliphatic hydroxyl groups is 2. The zero-order valence-corrected chi connectivity index (χ0v) is 12.0. The molecule has 0 spiro atoms. The Morgan fingerprint density at radius 3 is 2.80 bits per heavy atom. The van der Waals surface area contributed by atoms with Crippen molar-refractivity contribution in [3.8, 4) is 11.8 Å². The van der Waals surface area contributed by atoms with Crippen molar-refractivity contribution in [2.75, 3.05) is 0 Å². The molecule has 4 nitrogen and oxygen atoms in total. The maximum absolute atomic E-state index is 10.4. The number of hydrogen-bond acceptors (Lipinski definition) is 3. The van der Waals surface area contributed by atoms with Gasteiger partial charge in [0.15, 0.2) is 0 Å². The summed E-state index contributed by atoms with van der Waals surface area (Å²) in [7, 11) is 0. The Bertz CT molecular complexity index is 391. The fourth-order valence-electron chi connectivity index (χ4n) is 2.46. The Hall–Kier alpha value is -1.31. The maximum atomic E-state index is 10.4. The van der Waals surface area contributed by atoms with Gasteiger partial charge in [-0.3, -0.25) is 4.79 Å². The average Bonchev–Trinajstić information content (AvgIpc) is 2.76. The van der Waals surface area contributed by atoms with Crippen molar-refractivity contribution in [2.24, 2.45) is 11.8 Å². The Labute approximate surface area is 120 Å². The van der Waals surface area contributed by atoms with Crippen molar-refractivity contribution in [1.29, 1.82) is 0 Å². The van der Waals surface area contributed by atoms with Crippen LogP contribution in [0, 0.1) is 23.7 Å². The molecule has 3 N–H and O–H groups in total. The van der Waals surface area contributed by atoms with E-state index in [2.05, 4.69) is 11.8 Å². The van der Waals surface area contributed by atoms with Gasteiger partial charge in [0.05, 0.1) is 18.6 Å². The minimum Gasteiger partial charge on any atom is -0.481 e. The average molecular weight is 280 g/mol. The van der Waals surface area contributed by atoms with Crippen LogP contribution in [0.1, 0.15) is 45.4 Å². The first-order valence-electron chi connectivity index (χ1n) is 7.26. The maximum Gasteiger partial charge on any atom is 0.304 e. The fourth-order valence-corrected chi connectivity index (χ4v) is 2.46. The van der Waals surface area contributed by atoms with Gasteiger partial charge in [0.25, 0.3) is 0 Å². The molecule has 0 heterocycles. The first-order chi connectivity index (χ1) is 9.54. The summed E-state index contributed by atoms with van der Waals surface area (Å²) in [6.07, 6.45) is 6.38. The van der Waals surface area contributed by atoms with Crippen molar-refractivity contribution in [3.05, 3.63) is 12.2 Å². The highest BCUT2D eigenvalue weighted by molar-refractivity contribution is 5.66. The number of aliphatic hydroxyl groups excluding tert-OH is 2. The molecule has 0 saturated heterocycles. The molecule has 0 radical (unpaired) electrons. The molecule has 0 amide bonds. The van der Waals surface area contributed by atoms with Crippen LogP contribution in [0.25, 0.3) is 0 Å². The third-order valence-electron chi connectivity index (χ3n) is 3.77. The standard InChI is InChI=1S/C16H24O4/c1-2-13(17)10-8-12-9-11-15(18)14(12)6-4-3-5-7-16(19)20/h8,10,12-15,17-18H,2,5-7,9,11H2,1H3,(H,19,20). The van der Waals surface area contributed by atoms with Gasteiger partial charge in [-0.05, 0) is 25.2 Å². The molecular weight excluding hydrogens is 256 g/mol. The molecule has 4 unspecified atom stereocenters. The molecule has 0 aliphatic heterocycles. The minimum atomic E-state index is -0.838. The monoisotopic (exact) mass is 280 g/mol. The zero-order chi connectivity index (χ0) is 15.0. The molecule has 1 saturated carbocycles. The Morgan fingerprint density at radius 2 is 2.15 bits per heavy atom. The van der Waals surface area contributed by atoms with E-state index in [0.29, 0.717) is 19.3 Å². The van der Waals surface area contributed by atoms with Gasteiger partial charge in [0.1, 0.15) is 0 Å². The van der Waals surface area contributed by atoms with Crippen LogP contribution in [-0.4, -0.2) is 33.5 Å². The van der Waals surface area contributed by atoms with E-state index < -0.39 is 12.1 Å². The lowest BCUT2D eigenvalue weighted by molar-refractivity contribution is -0.136. The quantitative estimate of drug-likeness (QED) is 0.513. The van der Waals surface area contributed by atoms with Gasteiger partial charge in [0, 0.05) is 18.8 Å². The van der Waals surface area contributed by atoms with Crippen LogP contribution in [0.3, 0.4) is 0 Å². The van der Waals surface area contributed by atoms with E-state index in [1.165, 1.54) is 0 Å². The van der Waals surface area contributed by atoms with Crippen molar-refractivity contribution in [3.63, 3.8) is 0 Å². The van der Waals surface area contributed by atoms with Gasteiger partial charge in [-0.25, -0.2) is 0 Å². The summed E-state index contributed by atoms with van der Waals surface area (Å²) in [6.45, 7) is 1.92. The number of aliphatic carboxylic acids is 1. The van der Waals surface area contributed by atoms with E-state index in [1.807, 2.05) is 13.0 Å². The summed E-state index contributed by atoms with van der Waals surface area (Å²) in [5, 5.41) is 28.0. The number of hydrogen-bond donors (Lipinski definition) is 3. The third kappa shape index (κ3) is 5.77. The van der Waals surface area contributed by atoms with E-state index >= 15 is 0 Å². The summed E-state index contributed by atoms with van der Waals surface area (Å²) in [5.41, 5.74) is 0. The molecule has 0 aromatic rings. The number of carbonyl (C=O) groups is 1. The van der Waals surface area contributed by atoms with Crippen LogP contribution in [0.5, 0.6) is 0 Å². The lowest BCUT2D eigenvalue weighted by atomic mass is 9.91. The summed E-state index contributed by atoms with van der Waals surface area (Å²) in [6, 6.07) is 0. The number of carboxylic acids is 1. The molecule has 1 aliphatic carbocycles. The lowest BCUT2D eigenvalue weighted by Gasteiger charge is -2.17. The Morgan fingerprint density at radius 1 is 1.40 bits per heavy atom. The van der Waals surface area contributed by atoms with Gasteiger partial charge in [-0.15, -0.1) is 11.8 Å². The second-order valence-electron chi connectivity index (χ2n) is 5.28. The molecule has 4 atom stereocenters. The smallest absolute Gasteiger partial charge is 0.304 e. The molecule has 20 heavy (non-hydrogen) atoms. The molecular formula is C16H24O4. The van der Waals surface area contributed by atoms with Gasteiger partial charge >= 0.3 is 5.97 Å². The highest BCUT2D eigenvalue weighted by Crippen LogP contribution is 2.35. The first kappa shape index (κ1) is 16.7. The van der Waals surface area contributed by atoms with Gasteiger partial charge in [-0.1, -0.05) is 19.1 Å². The van der Waals surface area contributed by atoms with Crippen LogP contribution in [0.4, 0.5) is 0 Å². The second-order valence-corrected chi connectivity index (χ2v) is 5.28. The van der Waals surface area contributed by atoms with Crippen molar-refractivity contribution >= 4 is 5.97 Å². The van der Waals surface area contributed by atoms with E-state index in [-0.39, 0.29) is 24.4 Å². The zero-order valence-electron chi connectivity index (χ0n) is 12.0. The molecule has 0 aromatic heterocycles. The van der Waals surface area contributed by atoms with E-state index in [1.54, 1.807) is 6.08 Å². The predicted octanol–water partition coefficient (Wildman–Crippen LogP) is 1.96. The van der Waals surface area contributed by atoms with Gasteiger partial charge < -0.3 is 15.3 Å². The Kier molecular flexibility index (Phi) is 7.35. The second kappa shape index (κ2) is 8.78. The summed E-state index contributed by atoms with van der Waals surface area (Å²) >= 11 is 0. The number of carboxylic acid groups (broad SMARTS) is 1. The SMILES string of the molecule is CCC(O)C=CC1CCC(O)C1CC#CCCC(=O)O. The topological polar surface area (TPSA) is 77.8 Å². The molecule has 0 bridgehead atoms. The van der Waals surface area contributed by atoms with Gasteiger partial charge in [-0.2, -0.15) is 0 Å². The van der Waals surface area contributed by atoms with Crippen molar-refractivity contribution in [2.45, 2.75) is 57.7 Å². The number of rotatable bonds is 6. The molecule has 1 rings (SSSR count). The van der Waals surface area contributed by atoms with Crippen LogP contribution in [0.15, 0.2) is 12.2 Å². The highest BCUT2D eigenvalue weighted by Gasteiger charge is 2.32. The molecule has 112 valence electrons. The fraction of sp³-hybridized carbons (Fsp3) is 0.688. The summed E-state index contributed by atoms with van der Waals surface area (Å²) in [5.74, 6) is 5.32. The van der Waals surface area contributed by atoms with Crippen LogP contribution in [0.2, 0.25) is 0 Å². The molecule has 4 heteroatoms. The largest absolute Gasteiger partial charge is 0.481 e.